The number of halogens is 1. The molecule has 90 valence electrons. The van der Waals surface area contributed by atoms with E-state index in [0.29, 0.717) is 12.3 Å². The maximum absolute atomic E-state index is 11.7. The predicted molar refractivity (Wildman–Crippen MR) is 69.3 cm³/mol. The van der Waals surface area contributed by atoms with Crippen LogP contribution < -0.4 is 5.32 Å². The van der Waals surface area contributed by atoms with Crippen LogP contribution >= 0.6 is 15.9 Å². The van der Waals surface area contributed by atoms with Crippen molar-refractivity contribution in [2.45, 2.75) is 58.9 Å². The van der Waals surface area contributed by atoms with E-state index in [2.05, 4.69) is 48.9 Å². The number of amides is 1. The van der Waals surface area contributed by atoms with Crippen molar-refractivity contribution in [1.82, 2.24) is 5.32 Å². The lowest BCUT2D eigenvalue weighted by atomic mass is 9.95. The highest BCUT2D eigenvalue weighted by Crippen LogP contribution is 2.18. The third-order valence-electron chi connectivity index (χ3n) is 2.96. The molecule has 0 aromatic carbocycles. The molecule has 0 spiro atoms. The van der Waals surface area contributed by atoms with Gasteiger partial charge < -0.3 is 5.32 Å². The molecule has 0 aromatic heterocycles. The molecule has 0 rings (SSSR count). The van der Waals surface area contributed by atoms with Gasteiger partial charge in [-0.2, -0.15) is 0 Å². The van der Waals surface area contributed by atoms with Crippen molar-refractivity contribution in [3.63, 3.8) is 0 Å². The van der Waals surface area contributed by atoms with Crippen LogP contribution in [0.25, 0.3) is 0 Å². The van der Waals surface area contributed by atoms with Gasteiger partial charge in [-0.1, -0.05) is 43.6 Å². The van der Waals surface area contributed by atoms with Gasteiger partial charge in [0.2, 0.25) is 5.91 Å². The fourth-order valence-electron chi connectivity index (χ4n) is 1.43. The molecule has 3 heteroatoms. The Morgan fingerprint density at radius 3 is 2.20 bits per heavy atom. The Morgan fingerprint density at radius 2 is 1.87 bits per heavy atom. The van der Waals surface area contributed by atoms with Crippen molar-refractivity contribution >= 4 is 21.8 Å². The highest BCUT2D eigenvalue weighted by molar-refractivity contribution is 9.09. The summed E-state index contributed by atoms with van der Waals surface area (Å²) in [6, 6.07) is 0. The van der Waals surface area contributed by atoms with Crippen molar-refractivity contribution in [3.05, 3.63) is 0 Å². The van der Waals surface area contributed by atoms with Crippen molar-refractivity contribution in [3.8, 4) is 0 Å². The topological polar surface area (TPSA) is 29.1 Å². The lowest BCUT2D eigenvalue weighted by Crippen LogP contribution is -2.49. The van der Waals surface area contributed by atoms with Crippen molar-refractivity contribution in [1.29, 1.82) is 0 Å². The number of carbonyl (C=O) groups excluding carboxylic acids is 1. The summed E-state index contributed by atoms with van der Waals surface area (Å²) in [6.07, 6.45) is 3.56. The second kappa shape index (κ2) is 7.26. The van der Waals surface area contributed by atoms with Crippen molar-refractivity contribution < 1.29 is 4.79 Å². The number of alkyl halides is 1. The van der Waals surface area contributed by atoms with Crippen molar-refractivity contribution in [2.24, 2.45) is 5.92 Å². The molecule has 15 heavy (non-hydrogen) atoms. The van der Waals surface area contributed by atoms with Crippen LogP contribution in [0, 0.1) is 5.92 Å². The van der Waals surface area contributed by atoms with Crippen LogP contribution in [0.1, 0.15) is 53.4 Å². The second-order valence-corrected chi connectivity index (χ2v) is 5.16. The summed E-state index contributed by atoms with van der Waals surface area (Å²) in [5, 5.41) is 3.98. The first-order valence-electron chi connectivity index (χ1n) is 5.86. The van der Waals surface area contributed by atoms with Crippen LogP contribution in [0.15, 0.2) is 0 Å². The average molecular weight is 278 g/mol. The zero-order chi connectivity index (χ0) is 11.9. The molecule has 0 bridgehead atoms. The van der Waals surface area contributed by atoms with E-state index in [9.17, 15) is 4.79 Å². The molecule has 0 fully saturated rings. The average Bonchev–Trinajstić information content (AvgIpc) is 2.23. The van der Waals surface area contributed by atoms with Crippen LogP contribution in [-0.2, 0) is 4.79 Å². The molecule has 0 aliphatic rings. The van der Waals surface area contributed by atoms with Gasteiger partial charge in [0.15, 0.2) is 0 Å². The molecule has 0 atom stereocenters. The zero-order valence-electron chi connectivity index (χ0n) is 10.4. The van der Waals surface area contributed by atoms with E-state index in [0.717, 1.165) is 24.6 Å². The van der Waals surface area contributed by atoms with E-state index in [4.69, 9.17) is 0 Å². The molecule has 1 N–H and O–H groups in total. The second-order valence-electron chi connectivity index (χ2n) is 4.60. The first-order chi connectivity index (χ1) is 6.99. The van der Waals surface area contributed by atoms with E-state index in [-0.39, 0.29) is 11.4 Å². The minimum atomic E-state index is -0.0476. The van der Waals surface area contributed by atoms with Gasteiger partial charge in [-0.15, -0.1) is 0 Å². The molecule has 0 aliphatic carbocycles. The van der Waals surface area contributed by atoms with Gasteiger partial charge in [-0.05, 0) is 25.2 Å². The first kappa shape index (κ1) is 14.9. The number of hydrogen-bond acceptors (Lipinski definition) is 1. The van der Waals surface area contributed by atoms with Crippen LogP contribution in [-0.4, -0.2) is 16.8 Å². The first-order valence-corrected chi connectivity index (χ1v) is 6.98. The third kappa shape index (κ3) is 5.55. The van der Waals surface area contributed by atoms with E-state index < -0.39 is 0 Å². The molecule has 0 saturated heterocycles. The van der Waals surface area contributed by atoms with Gasteiger partial charge in [-0.25, -0.2) is 0 Å². The van der Waals surface area contributed by atoms with Crippen LogP contribution in [0.3, 0.4) is 0 Å². The van der Waals surface area contributed by atoms with Gasteiger partial charge in [0.25, 0.3) is 0 Å². The van der Waals surface area contributed by atoms with Crippen LogP contribution in [0.4, 0.5) is 0 Å². The fraction of sp³-hybridized carbons (Fsp3) is 0.917. The highest BCUT2D eigenvalue weighted by Gasteiger charge is 2.26. The maximum Gasteiger partial charge on any atom is 0.220 e. The molecule has 1 amide bonds. The molecule has 0 aliphatic heterocycles. The zero-order valence-corrected chi connectivity index (χ0v) is 12.0. The number of nitrogens with one attached hydrogen (secondary N) is 1. The number of hydrogen-bond donors (Lipinski definition) is 1. The van der Waals surface area contributed by atoms with Gasteiger partial charge >= 0.3 is 0 Å². The normalized spacial score (nSPS) is 11.9. The summed E-state index contributed by atoms with van der Waals surface area (Å²) in [4.78, 5) is 11.7. The fourth-order valence-corrected chi connectivity index (χ4v) is 2.36. The Hall–Kier alpha value is -0.0500. The molecular formula is C12H24BrNO. The number of rotatable bonds is 7. The molecule has 0 radical (unpaired) electrons. The molecule has 2 nitrogen and oxygen atoms in total. The van der Waals surface area contributed by atoms with Crippen LogP contribution in [0.2, 0.25) is 0 Å². The summed E-state index contributed by atoms with van der Waals surface area (Å²) < 4.78 is 0. The van der Waals surface area contributed by atoms with Gasteiger partial charge in [-0.3, -0.25) is 4.79 Å². The maximum atomic E-state index is 11.7. The Balaban J connectivity index is 4.11. The summed E-state index contributed by atoms with van der Waals surface area (Å²) >= 11 is 3.49. The Kier molecular flexibility index (Phi) is 7.24. The minimum Gasteiger partial charge on any atom is -0.350 e. The Labute approximate surface area is 102 Å². The summed E-state index contributed by atoms with van der Waals surface area (Å²) in [6.45, 7) is 8.52. The number of carbonyl (C=O) groups is 1. The predicted octanol–water partition coefficient (Wildman–Crippen LogP) is 3.49. The summed E-state index contributed by atoms with van der Waals surface area (Å²) in [5.74, 6) is 0.782. The summed E-state index contributed by atoms with van der Waals surface area (Å²) in [5.41, 5.74) is -0.0476. The molecule has 0 aromatic rings. The lowest BCUT2D eigenvalue weighted by molar-refractivity contribution is -0.123. The summed E-state index contributed by atoms with van der Waals surface area (Å²) in [7, 11) is 0. The monoisotopic (exact) mass is 277 g/mol. The Bertz CT molecular complexity index is 180. The van der Waals surface area contributed by atoms with Gasteiger partial charge in [0.1, 0.15) is 0 Å². The molecular weight excluding hydrogens is 254 g/mol. The van der Waals surface area contributed by atoms with Crippen molar-refractivity contribution in [2.75, 3.05) is 5.33 Å². The smallest absolute Gasteiger partial charge is 0.220 e. The van der Waals surface area contributed by atoms with E-state index in [1.165, 1.54) is 0 Å². The largest absolute Gasteiger partial charge is 0.350 e. The Morgan fingerprint density at radius 1 is 1.33 bits per heavy atom. The lowest BCUT2D eigenvalue weighted by Gasteiger charge is -2.31. The van der Waals surface area contributed by atoms with Crippen LogP contribution in [0.5, 0.6) is 0 Å². The highest BCUT2D eigenvalue weighted by atomic mass is 79.9. The van der Waals surface area contributed by atoms with E-state index in [1.54, 1.807) is 0 Å². The minimum absolute atomic E-state index is 0.0476. The SMILES string of the molecule is CCC(CC)(CBr)NC(=O)CCC(C)C. The quantitative estimate of drug-likeness (QED) is 0.710. The van der Waals surface area contributed by atoms with E-state index in [1.807, 2.05) is 0 Å². The van der Waals surface area contributed by atoms with Gasteiger partial charge in [0.05, 0.1) is 0 Å². The molecule has 0 heterocycles. The third-order valence-corrected chi connectivity index (χ3v) is 4.04. The standard InChI is InChI=1S/C12H24BrNO/c1-5-12(6-2,9-13)14-11(15)8-7-10(3)4/h10H,5-9H2,1-4H3,(H,14,15). The molecule has 0 unspecified atom stereocenters. The van der Waals surface area contributed by atoms with Gasteiger partial charge in [0, 0.05) is 17.3 Å². The van der Waals surface area contributed by atoms with E-state index >= 15 is 0 Å². The molecule has 0 saturated carbocycles.